The van der Waals surface area contributed by atoms with E-state index in [9.17, 15) is 4.79 Å². The summed E-state index contributed by atoms with van der Waals surface area (Å²) in [6.45, 7) is 6.60. The van der Waals surface area contributed by atoms with E-state index in [1.807, 2.05) is 6.92 Å². The van der Waals surface area contributed by atoms with Crippen molar-refractivity contribution in [3.63, 3.8) is 0 Å². The summed E-state index contributed by atoms with van der Waals surface area (Å²) < 4.78 is 11.0. The number of carbonyl (C=O) groups excluding carboxylic acids is 1. The summed E-state index contributed by atoms with van der Waals surface area (Å²) in [5, 5.41) is 9.99. The maximum atomic E-state index is 12.1. The number of guanidine groups is 1. The molecule has 1 saturated heterocycles. The molecule has 1 aliphatic heterocycles. The summed E-state index contributed by atoms with van der Waals surface area (Å²) in [6, 6.07) is 4.80. The smallest absolute Gasteiger partial charge is 0.251 e. The zero-order valence-electron chi connectivity index (χ0n) is 16.5. The van der Waals surface area contributed by atoms with E-state index >= 15 is 0 Å². The monoisotopic (exact) mass is 558 g/mol. The van der Waals surface area contributed by atoms with E-state index in [0.717, 1.165) is 32.0 Å². The van der Waals surface area contributed by atoms with E-state index in [0.29, 0.717) is 48.5 Å². The van der Waals surface area contributed by atoms with Crippen molar-refractivity contribution in [3.05, 3.63) is 33.8 Å². The first kappa shape index (κ1) is 26.2. The van der Waals surface area contributed by atoms with E-state index in [1.54, 1.807) is 18.2 Å². The van der Waals surface area contributed by atoms with Crippen molar-refractivity contribution in [3.8, 4) is 0 Å². The lowest BCUT2D eigenvalue weighted by molar-refractivity contribution is 0.0424. The van der Waals surface area contributed by atoms with Crippen LogP contribution in [0.25, 0.3) is 0 Å². The van der Waals surface area contributed by atoms with Gasteiger partial charge in [0.05, 0.1) is 22.8 Å². The van der Waals surface area contributed by atoms with Crippen molar-refractivity contribution in [1.82, 2.24) is 16.0 Å². The minimum absolute atomic E-state index is 0. The lowest BCUT2D eigenvalue weighted by Gasteiger charge is -2.12. The van der Waals surface area contributed by atoms with Gasteiger partial charge < -0.3 is 25.4 Å². The van der Waals surface area contributed by atoms with Crippen molar-refractivity contribution >= 4 is 59.0 Å². The molecule has 1 unspecified atom stereocenters. The van der Waals surface area contributed by atoms with Crippen molar-refractivity contribution in [2.75, 3.05) is 46.0 Å². The maximum Gasteiger partial charge on any atom is 0.251 e. The first-order chi connectivity index (χ1) is 13.6. The van der Waals surface area contributed by atoms with Crippen LogP contribution in [0.3, 0.4) is 0 Å². The molecule has 0 aromatic heterocycles. The Labute approximate surface area is 199 Å². The van der Waals surface area contributed by atoms with Crippen LogP contribution < -0.4 is 16.0 Å². The highest BCUT2D eigenvalue weighted by Crippen LogP contribution is 2.22. The Hall–Kier alpha value is -0.810. The first-order valence-corrected chi connectivity index (χ1v) is 10.3. The number of benzene rings is 1. The molecule has 7 nitrogen and oxygen atoms in total. The van der Waals surface area contributed by atoms with Crippen molar-refractivity contribution in [2.24, 2.45) is 4.99 Å². The average Bonchev–Trinajstić information content (AvgIpc) is 3.20. The molecule has 1 heterocycles. The lowest BCUT2D eigenvalue weighted by atomic mass is 10.2. The van der Waals surface area contributed by atoms with Gasteiger partial charge in [0.25, 0.3) is 5.91 Å². The lowest BCUT2D eigenvalue weighted by Crippen LogP contribution is -2.41. The molecule has 29 heavy (non-hydrogen) atoms. The van der Waals surface area contributed by atoms with Gasteiger partial charge in [-0.15, -0.1) is 24.0 Å². The number of hydrogen-bond donors (Lipinski definition) is 3. The van der Waals surface area contributed by atoms with Gasteiger partial charge in [0.2, 0.25) is 0 Å². The van der Waals surface area contributed by atoms with E-state index in [1.165, 1.54) is 0 Å². The second-order valence-electron chi connectivity index (χ2n) is 6.28. The molecule has 0 aliphatic carbocycles. The fraction of sp³-hybridized carbons (Fsp3) is 0.579. The standard InChI is InChI=1S/C19H28Cl2N4O3.HI/c1-2-22-19(24-7-3-10-28-15-6-11-27-13-15)25-9-8-23-18(26)14-4-5-16(20)17(21)12-14;/h4-5,12,15H,2-3,6-11,13H2,1H3,(H,23,26)(H2,22,24,25);1H. The molecule has 1 aliphatic rings. The summed E-state index contributed by atoms with van der Waals surface area (Å²) in [5.41, 5.74) is 0.475. The highest BCUT2D eigenvalue weighted by atomic mass is 127. The molecule has 1 fully saturated rings. The number of carbonyl (C=O) groups is 1. The predicted molar refractivity (Wildman–Crippen MR) is 128 cm³/mol. The molecule has 1 amide bonds. The van der Waals surface area contributed by atoms with Crippen molar-refractivity contribution in [1.29, 1.82) is 0 Å². The van der Waals surface area contributed by atoms with Gasteiger partial charge >= 0.3 is 0 Å². The summed E-state index contributed by atoms with van der Waals surface area (Å²) >= 11 is 11.8. The van der Waals surface area contributed by atoms with Crippen LogP contribution in [0.5, 0.6) is 0 Å². The summed E-state index contributed by atoms with van der Waals surface area (Å²) in [7, 11) is 0. The summed E-state index contributed by atoms with van der Waals surface area (Å²) in [6.07, 6.45) is 2.05. The maximum absolute atomic E-state index is 12.1. The quantitative estimate of drug-likeness (QED) is 0.178. The Bertz CT molecular complexity index is 658. The van der Waals surface area contributed by atoms with Gasteiger partial charge in [0, 0.05) is 45.0 Å². The number of nitrogens with zero attached hydrogens (tertiary/aromatic N) is 1. The number of aliphatic imine (C=N–C) groups is 1. The highest BCUT2D eigenvalue weighted by Gasteiger charge is 2.15. The molecule has 3 N–H and O–H groups in total. The van der Waals surface area contributed by atoms with E-state index in [-0.39, 0.29) is 36.0 Å². The molecule has 10 heteroatoms. The van der Waals surface area contributed by atoms with Gasteiger partial charge in [-0.2, -0.15) is 0 Å². The molecule has 1 atom stereocenters. The van der Waals surface area contributed by atoms with Crippen LogP contribution in [0.2, 0.25) is 10.0 Å². The number of halogens is 3. The fourth-order valence-corrected chi connectivity index (χ4v) is 2.89. The minimum Gasteiger partial charge on any atom is -0.379 e. The number of ether oxygens (including phenoxy) is 2. The molecule has 0 spiro atoms. The van der Waals surface area contributed by atoms with Crippen LogP contribution in [-0.2, 0) is 9.47 Å². The van der Waals surface area contributed by atoms with Crippen molar-refractivity contribution < 1.29 is 14.3 Å². The number of hydrogen-bond acceptors (Lipinski definition) is 4. The zero-order valence-corrected chi connectivity index (χ0v) is 20.4. The van der Waals surface area contributed by atoms with Crippen molar-refractivity contribution in [2.45, 2.75) is 25.9 Å². The Kier molecular flexibility index (Phi) is 13.6. The zero-order chi connectivity index (χ0) is 20.2. The third-order valence-corrected chi connectivity index (χ3v) is 4.78. The van der Waals surface area contributed by atoms with E-state index in [4.69, 9.17) is 32.7 Å². The minimum atomic E-state index is -0.199. The van der Waals surface area contributed by atoms with E-state index in [2.05, 4.69) is 20.9 Å². The van der Waals surface area contributed by atoms with Gasteiger partial charge in [-0.1, -0.05) is 23.2 Å². The molecule has 1 aromatic carbocycles. The van der Waals surface area contributed by atoms with Crippen LogP contribution in [0.1, 0.15) is 30.1 Å². The van der Waals surface area contributed by atoms with Crippen LogP contribution in [0.15, 0.2) is 23.2 Å². The van der Waals surface area contributed by atoms with Gasteiger partial charge in [-0.25, -0.2) is 0 Å². The topological polar surface area (TPSA) is 84.0 Å². The molecule has 0 saturated carbocycles. The second kappa shape index (κ2) is 15.1. The molecule has 1 aromatic rings. The van der Waals surface area contributed by atoms with Gasteiger partial charge in [-0.3, -0.25) is 9.79 Å². The Morgan fingerprint density at radius 2 is 2.03 bits per heavy atom. The number of nitrogens with one attached hydrogen (secondary N) is 3. The SMILES string of the molecule is CCNC(=NCCCOC1CCOC1)NCCNC(=O)c1ccc(Cl)c(Cl)c1.I. The Morgan fingerprint density at radius 1 is 1.24 bits per heavy atom. The normalized spacial score (nSPS) is 16.2. The van der Waals surface area contributed by atoms with Crippen LogP contribution in [0.4, 0.5) is 0 Å². The van der Waals surface area contributed by atoms with Crippen LogP contribution >= 0.6 is 47.2 Å². The third kappa shape index (κ3) is 10.2. The number of amides is 1. The van der Waals surface area contributed by atoms with Gasteiger partial charge in [0.15, 0.2) is 5.96 Å². The van der Waals surface area contributed by atoms with Gasteiger partial charge in [-0.05, 0) is 38.0 Å². The van der Waals surface area contributed by atoms with Gasteiger partial charge in [0.1, 0.15) is 0 Å². The molecular weight excluding hydrogens is 530 g/mol. The molecule has 2 rings (SSSR count). The Balaban J connectivity index is 0.00000420. The summed E-state index contributed by atoms with van der Waals surface area (Å²) in [4.78, 5) is 16.6. The third-order valence-electron chi connectivity index (χ3n) is 4.04. The molecule has 0 radical (unpaired) electrons. The highest BCUT2D eigenvalue weighted by molar-refractivity contribution is 14.0. The number of rotatable bonds is 10. The van der Waals surface area contributed by atoms with Crippen LogP contribution in [-0.4, -0.2) is 64.0 Å². The summed E-state index contributed by atoms with van der Waals surface area (Å²) in [5.74, 6) is 0.519. The molecule has 0 bridgehead atoms. The van der Waals surface area contributed by atoms with E-state index < -0.39 is 0 Å². The molecular formula is C19H29Cl2IN4O3. The Morgan fingerprint density at radius 3 is 2.72 bits per heavy atom. The largest absolute Gasteiger partial charge is 0.379 e. The predicted octanol–water partition coefficient (Wildman–Crippen LogP) is 3.09. The fourth-order valence-electron chi connectivity index (χ4n) is 2.59. The molecule has 164 valence electrons. The van der Waals surface area contributed by atoms with Crippen LogP contribution in [0, 0.1) is 0 Å². The second-order valence-corrected chi connectivity index (χ2v) is 7.10. The average molecular weight is 559 g/mol. The first-order valence-electron chi connectivity index (χ1n) is 9.55.